The Labute approximate surface area is 216 Å². The molecule has 6 rings (SSSR count). The summed E-state index contributed by atoms with van der Waals surface area (Å²) in [6, 6.07) is 16.1. The Morgan fingerprint density at radius 3 is 2.43 bits per heavy atom. The maximum Gasteiger partial charge on any atom is 0.275 e. The lowest BCUT2D eigenvalue weighted by atomic mass is 9.91. The van der Waals surface area contributed by atoms with Gasteiger partial charge in [0.25, 0.3) is 15.6 Å². The number of carbonyl (C=O) groups excluding carboxylic acids is 1. The maximum absolute atomic E-state index is 13.7. The zero-order valence-corrected chi connectivity index (χ0v) is 22.3. The van der Waals surface area contributed by atoms with E-state index in [-0.39, 0.29) is 22.2 Å². The van der Waals surface area contributed by atoms with Crippen molar-refractivity contribution in [1.29, 1.82) is 0 Å². The average molecular weight is 599 g/mol. The van der Waals surface area contributed by atoms with E-state index < -0.39 is 21.0 Å². The molecule has 0 radical (unpaired) electrons. The van der Waals surface area contributed by atoms with Gasteiger partial charge in [-0.25, -0.2) is 12.4 Å². The summed E-state index contributed by atoms with van der Waals surface area (Å²) in [5.41, 5.74) is 2.68. The number of aromatic nitrogens is 2. The third-order valence-electron chi connectivity index (χ3n) is 7.41. The molecule has 3 heterocycles. The molecular formula is C26H22IN3O4S. The van der Waals surface area contributed by atoms with Gasteiger partial charge in [0.1, 0.15) is 5.52 Å². The zero-order chi connectivity index (χ0) is 24.9. The molecule has 0 saturated heterocycles. The molecule has 1 aliphatic carbocycles. The van der Waals surface area contributed by atoms with Crippen molar-refractivity contribution in [3.05, 3.63) is 91.5 Å². The molecule has 0 bridgehead atoms. The topological polar surface area (TPSA) is 81.4 Å². The molecule has 35 heavy (non-hydrogen) atoms. The van der Waals surface area contributed by atoms with Crippen LogP contribution in [0, 0.1) is 10.6 Å². The lowest BCUT2D eigenvalue weighted by molar-refractivity contribution is -0.120. The highest BCUT2D eigenvalue weighted by Gasteiger charge is 2.67. The summed E-state index contributed by atoms with van der Waals surface area (Å²) in [4.78, 5) is 28.6. The highest BCUT2D eigenvalue weighted by atomic mass is 127. The molecule has 7 nitrogen and oxygen atoms in total. The SMILES string of the molecule is Cc1ccc(S(=O)(=O)n2c(I)cc3c(C4CC45C(=O)N(C)c4ccccc45)cn(C)c(=O)c32)cc1. The molecule has 2 unspecified atom stereocenters. The quantitative estimate of drug-likeness (QED) is 0.335. The number of carbonyl (C=O) groups is 1. The minimum atomic E-state index is -4.01. The van der Waals surface area contributed by atoms with E-state index in [1.54, 1.807) is 55.5 Å². The summed E-state index contributed by atoms with van der Waals surface area (Å²) in [5, 5.41) is 0.579. The van der Waals surface area contributed by atoms with Crippen molar-refractivity contribution in [1.82, 2.24) is 8.54 Å². The number of rotatable bonds is 3. The van der Waals surface area contributed by atoms with Gasteiger partial charge in [-0.05, 0) is 71.3 Å². The number of para-hydroxylation sites is 1. The first-order valence-electron chi connectivity index (χ1n) is 11.2. The number of hydrogen-bond acceptors (Lipinski definition) is 4. The van der Waals surface area contributed by atoms with Crippen LogP contribution in [0.25, 0.3) is 10.9 Å². The lowest BCUT2D eigenvalue weighted by Crippen LogP contribution is -2.29. The minimum Gasteiger partial charge on any atom is -0.316 e. The molecule has 2 aromatic heterocycles. The average Bonchev–Trinajstić information content (AvgIpc) is 3.42. The molecule has 178 valence electrons. The second kappa shape index (κ2) is 7.30. The normalized spacial score (nSPS) is 21.2. The number of amides is 1. The van der Waals surface area contributed by atoms with E-state index in [0.29, 0.717) is 15.5 Å². The molecular weight excluding hydrogens is 577 g/mol. The fourth-order valence-electron chi connectivity index (χ4n) is 5.56. The van der Waals surface area contributed by atoms with Crippen LogP contribution in [0.4, 0.5) is 5.69 Å². The van der Waals surface area contributed by atoms with Gasteiger partial charge in [0.2, 0.25) is 5.91 Å². The predicted octanol–water partition coefficient (Wildman–Crippen LogP) is 3.89. The Hall–Kier alpha value is -2.92. The number of pyridine rings is 1. The second-order valence-electron chi connectivity index (χ2n) is 9.42. The van der Waals surface area contributed by atoms with Gasteiger partial charge in [0, 0.05) is 37.3 Å². The Bertz CT molecular complexity index is 1740. The van der Waals surface area contributed by atoms with Crippen LogP contribution >= 0.6 is 22.6 Å². The highest BCUT2D eigenvalue weighted by Crippen LogP contribution is 2.66. The van der Waals surface area contributed by atoms with Gasteiger partial charge < -0.3 is 9.47 Å². The molecule has 2 atom stereocenters. The molecule has 1 fully saturated rings. The van der Waals surface area contributed by atoms with Gasteiger partial charge in [-0.3, -0.25) is 9.59 Å². The Balaban J connectivity index is 1.58. The van der Waals surface area contributed by atoms with Gasteiger partial charge in [-0.1, -0.05) is 35.9 Å². The standard InChI is InChI=1S/C26H22IN3O4S/c1-15-8-10-16(11-9-15)35(33,34)30-22(27)12-17-18(14-28(2)24(31)23(17)30)20-13-26(20)19-6-4-5-7-21(19)29(3)25(26)32/h4-12,14,20H,13H2,1-3H3. The van der Waals surface area contributed by atoms with Crippen molar-refractivity contribution >= 4 is 55.1 Å². The van der Waals surface area contributed by atoms with E-state index >= 15 is 0 Å². The number of anilines is 1. The number of hydrogen-bond donors (Lipinski definition) is 0. The maximum atomic E-state index is 13.7. The Morgan fingerprint density at radius 2 is 1.71 bits per heavy atom. The van der Waals surface area contributed by atoms with Crippen LogP contribution in [-0.2, 0) is 27.3 Å². The van der Waals surface area contributed by atoms with Gasteiger partial charge in [0.05, 0.1) is 14.0 Å². The molecule has 9 heteroatoms. The first-order valence-corrected chi connectivity index (χ1v) is 13.7. The Morgan fingerprint density at radius 1 is 1.03 bits per heavy atom. The van der Waals surface area contributed by atoms with Crippen LogP contribution < -0.4 is 10.5 Å². The van der Waals surface area contributed by atoms with E-state index in [1.807, 2.05) is 53.8 Å². The van der Waals surface area contributed by atoms with Crippen molar-refractivity contribution in [2.75, 3.05) is 11.9 Å². The molecule has 1 spiro atoms. The largest absolute Gasteiger partial charge is 0.316 e. The zero-order valence-electron chi connectivity index (χ0n) is 19.3. The highest BCUT2D eigenvalue weighted by molar-refractivity contribution is 14.1. The van der Waals surface area contributed by atoms with Gasteiger partial charge in [0.15, 0.2) is 0 Å². The van der Waals surface area contributed by atoms with Gasteiger partial charge in [-0.15, -0.1) is 0 Å². The van der Waals surface area contributed by atoms with Gasteiger partial charge >= 0.3 is 0 Å². The van der Waals surface area contributed by atoms with E-state index in [2.05, 4.69) is 0 Å². The third-order valence-corrected chi connectivity index (χ3v) is 10.3. The van der Waals surface area contributed by atoms with Gasteiger partial charge in [-0.2, -0.15) is 0 Å². The van der Waals surface area contributed by atoms with Crippen molar-refractivity contribution in [3.8, 4) is 0 Å². The minimum absolute atomic E-state index is 0.0344. The molecule has 0 N–H and O–H groups in total. The number of halogens is 1. The van der Waals surface area contributed by atoms with Crippen LogP contribution in [0.3, 0.4) is 0 Å². The Kier molecular flexibility index (Phi) is 4.70. The third kappa shape index (κ3) is 2.91. The van der Waals surface area contributed by atoms with E-state index in [9.17, 15) is 18.0 Å². The summed E-state index contributed by atoms with van der Waals surface area (Å²) in [5.74, 6) is -0.115. The van der Waals surface area contributed by atoms with Crippen molar-refractivity contribution in [2.24, 2.45) is 7.05 Å². The number of aryl methyl sites for hydroxylation is 2. The molecule has 1 amide bonds. The lowest BCUT2D eigenvalue weighted by Gasteiger charge is -2.14. The smallest absolute Gasteiger partial charge is 0.275 e. The predicted molar refractivity (Wildman–Crippen MR) is 143 cm³/mol. The van der Waals surface area contributed by atoms with E-state index in [0.717, 1.165) is 26.4 Å². The molecule has 2 aliphatic rings. The molecule has 4 aromatic rings. The summed E-state index contributed by atoms with van der Waals surface area (Å²) in [6.45, 7) is 1.89. The second-order valence-corrected chi connectivity index (χ2v) is 12.3. The molecule has 2 aromatic carbocycles. The monoisotopic (exact) mass is 599 g/mol. The molecule has 1 aliphatic heterocycles. The number of likely N-dealkylation sites (N-methyl/N-ethyl adjacent to an activating group) is 1. The summed E-state index contributed by atoms with van der Waals surface area (Å²) in [6.07, 6.45) is 2.38. The van der Waals surface area contributed by atoms with E-state index in [4.69, 9.17) is 0 Å². The number of fused-ring (bicyclic) bond motifs is 3. The van der Waals surface area contributed by atoms with Crippen LogP contribution in [0.2, 0.25) is 0 Å². The summed E-state index contributed by atoms with van der Waals surface area (Å²) < 4.78 is 30.3. The van der Waals surface area contributed by atoms with Crippen LogP contribution in [0.5, 0.6) is 0 Å². The fourth-order valence-corrected chi connectivity index (χ4v) is 8.28. The molecule has 1 saturated carbocycles. The van der Waals surface area contributed by atoms with Crippen molar-refractivity contribution < 1.29 is 13.2 Å². The van der Waals surface area contributed by atoms with Crippen LogP contribution in [0.15, 0.2) is 70.5 Å². The van der Waals surface area contributed by atoms with Crippen molar-refractivity contribution in [3.63, 3.8) is 0 Å². The first-order chi connectivity index (χ1) is 16.6. The van der Waals surface area contributed by atoms with Crippen LogP contribution in [-0.4, -0.2) is 29.9 Å². The summed E-state index contributed by atoms with van der Waals surface area (Å²) in [7, 11) is -0.595. The summed E-state index contributed by atoms with van der Waals surface area (Å²) >= 11 is 1.97. The van der Waals surface area contributed by atoms with Crippen LogP contribution in [0.1, 0.15) is 29.0 Å². The van der Waals surface area contributed by atoms with E-state index in [1.165, 1.54) is 4.57 Å². The first kappa shape index (κ1) is 22.5. The fraction of sp³-hybridized carbons (Fsp3) is 0.231. The van der Waals surface area contributed by atoms with Crippen molar-refractivity contribution in [2.45, 2.75) is 29.6 Å². The number of nitrogens with zero attached hydrogens (tertiary/aromatic N) is 3. The number of benzene rings is 2.